The van der Waals surface area contributed by atoms with Crippen LogP contribution in [0.2, 0.25) is 0 Å². The lowest BCUT2D eigenvalue weighted by molar-refractivity contribution is 0.102. The highest BCUT2D eigenvalue weighted by atomic mass is 16.5. The predicted molar refractivity (Wildman–Crippen MR) is 72.5 cm³/mol. The normalized spacial score (nSPS) is 10.1. The van der Waals surface area contributed by atoms with Gasteiger partial charge in [0.25, 0.3) is 5.91 Å². The maximum Gasteiger partial charge on any atom is 0.261 e. The summed E-state index contributed by atoms with van der Waals surface area (Å²) in [6.45, 7) is 3.84. The number of carbonyl (C=O) groups is 1. The van der Waals surface area contributed by atoms with E-state index in [1.165, 1.54) is 0 Å². The van der Waals surface area contributed by atoms with Crippen LogP contribution >= 0.6 is 0 Å². The molecule has 0 aliphatic heterocycles. The number of rotatable bonds is 3. The van der Waals surface area contributed by atoms with Gasteiger partial charge in [-0.2, -0.15) is 0 Å². The number of amides is 1. The minimum atomic E-state index is -0.283. The number of hydrogen-bond donors (Lipinski definition) is 1. The van der Waals surface area contributed by atoms with Crippen molar-refractivity contribution in [2.45, 2.75) is 13.8 Å². The molecule has 0 aliphatic rings. The average molecular weight is 257 g/mol. The Morgan fingerprint density at radius 1 is 1.21 bits per heavy atom. The molecule has 5 nitrogen and oxygen atoms in total. The quantitative estimate of drug-likeness (QED) is 0.916. The van der Waals surface area contributed by atoms with Gasteiger partial charge >= 0.3 is 0 Å². The summed E-state index contributed by atoms with van der Waals surface area (Å²) < 4.78 is 5.29. The fourth-order valence-electron chi connectivity index (χ4n) is 1.93. The molecule has 2 rings (SSSR count). The summed E-state index contributed by atoms with van der Waals surface area (Å²) in [6, 6.07) is 5.44. The molecule has 0 atom stereocenters. The molecule has 2 aromatic rings. The molecule has 19 heavy (non-hydrogen) atoms. The molecule has 1 aromatic carbocycles. The number of ether oxygens (including phenoxy) is 1. The highest BCUT2D eigenvalue weighted by Gasteiger charge is 2.15. The molecule has 0 saturated carbocycles. The molecule has 1 aromatic heterocycles. The van der Waals surface area contributed by atoms with Gasteiger partial charge in [-0.05, 0) is 37.1 Å². The van der Waals surface area contributed by atoms with E-state index in [4.69, 9.17) is 4.74 Å². The first-order valence-electron chi connectivity index (χ1n) is 5.85. The van der Waals surface area contributed by atoms with E-state index in [0.29, 0.717) is 11.3 Å². The molecule has 1 N–H and O–H groups in total. The highest BCUT2D eigenvalue weighted by molar-refractivity contribution is 6.05. The van der Waals surface area contributed by atoms with Gasteiger partial charge < -0.3 is 4.74 Å². The lowest BCUT2D eigenvalue weighted by atomic mass is 10.0. The Balaban J connectivity index is 2.33. The van der Waals surface area contributed by atoms with Gasteiger partial charge in [-0.3, -0.25) is 10.1 Å². The van der Waals surface area contributed by atoms with Crippen molar-refractivity contribution in [3.05, 3.63) is 47.3 Å². The molecule has 1 heterocycles. The van der Waals surface area contributed by atoms with Crippen LogP contribution in [0.25, 0.3) is 0 Å². The van der Waals surface area contributed by atoms with E-state index in [1.54, 1.807) is 31.6 Å². The molecule has 0 bridgehead atoms. The van der Waals surface area contributed by atoms with E-state index in [-0.39, 0.29) is 11.9 Å². The Hall–Kier alpha value is -2.43. The highest BCUT2D eigenvalue weighted by Crippen LogP contribution is 2.25. The first-order chi connectivity index (χ1) is 9.11. The number of carbonyl (C=O) groups excluding carboxylic acids is 1. The molecule has 0 unspecified atom stereocenters. The van der Waals surface area contributed by atoms with Gasteiger partial charge in [-0.15, -0.1) is 0 Å². The summed E-state index contributed by atoms with van der Waals surface area (Å²) in [5.41, 5.74) is 2.39. The van der Waals surface area contributed by atoms with Crippen LogP contribution in [0.3, 0.4) is 0 Å². The maximum absolute atomic E-state index is 12.2. The van der Waals surface area contributed by atoms with E-state index < -0.39 is 0 Å². The Morgan fingerprint density at radius 3 is 2.53 bits per heavy atom. The lowest BCUT2D eigenvalue weighted by Crippen LogP contribution is -2.15. The Labute approximate surface area is 111 Å². The van der Waals surface area contributed by atoms with Gasteiger partial charge in [0.05, 0.1) is 12.7 Å². The molecule has 1 amide bonds. The maximum atomic E-state index is 12.2. The molecular formula is C14H15N3O2. The van der Waals surface area contributed by atoms with Crippen molar-refractivity contribution in [3.63, 3.8) is 0 Å². The fraction of sp³-hybridized carbons (Fsp3) is 0.214. The lowest BCUT2D eigenvalue weighted by Gasteiger charge is -2.12. The zero-order chi connectivity index (χ0) is 13.8. The molecule has 0 spiro atoms. The third-order valence-electron chi connectivity index (χ3n) is 2.66. The fourth-order valence-corrected chi connectivity index (χ4v) is 1.93. The zero-order valence-electron chi connectivity index (χ0n) is 11.1. The first-order valence-corrected chi connectivity index (χ1v) is 5.85. The van der Waals surface area contributed by atoms with Gasteiger partial charge in [0.2, 0.25) is 5.95 Å². The number of nitrogens with one attached hydrogen (secondary N) is 1. The molecule has 0 saturated heterocycles. The third kappa shape index (κ3) is 2.88. The average Bonchev–Trinajstić information content (AvgIpc) is 2.39. The summed E-state index contributed by atoms with van der Waals surface area (Å²) in [4.78, 5) is 20.1. The Morgan fingerprint density at radius 2 is 1.89 bits per heavy atom. The van der Waals surface area contributed by atoms with Gasteiger partial charge in [-0.1, -0.05) is 6.07 Å². The summed E-state index contributed by atoms with van der Waals surface area (Å²) >= 11 is 0. The molecule has 98 valence electrons. The summed E-state index contributed by atoms with van der Waals surface area (Å²) in [6.07, 6.45) is 3.14. The van der Waals surface area contributed by atoms with Crippen molar-refractivity contribution in [3.8, 4) is 5.75 Å². The minimum absolute atomic E-state index is 0.272. The molecule has 5 heteroatoms. The molecule has 0 fully saturated rings. The van der Waals surface area contributed by atoms with E-state index >= 15 is 0 Å². The topological polar surface area (TPSA) is 64.1 Å². The van der Waals surface area contributed by atoms with Crippen molar-refractivity contribution in [2.24, 2.45) is 0 Å². The van der Waals surface area contributed by atoms with Crippen LogP contribution in [0, 0.1) is 13.8 Å². The number of benzene rings is 1. The van der Waals surface area contributed by atoms with Gasteiger partial charge in [0.1, 0.15) is 5.75 Å². The van der Waals surface area contributed by atoms with E-state index in [0.717, 1.165) is 11.1 Å². The Bertz CT molecular complexity index is 597. The smallest absolute Gasteiger partial charge is 0.261 e. The van der Waals surface area contributed by atoms with Gasteiger partial charge in [-0.25, -0.2) is 9.97 Å². The van der Waals surface area contributed by atoms with Crippen LogP contribution in [0.1, 0.15) is 21.5 Å². The summed E-state index contributed by atoms with van der Waals surface area (Å²) in [5, 5.41) is 2.65. The van der Waals surface area contributed by atoms with Gasteiger partial charge in [0, 0.05) is 12.4 Å². The molecule has 0 radical (unpaired) electrons. The summed E-state index contributed by atoms with van der Waals surface area (Å²) in [5.74, 6) is 0.558. The van der Waals surface area contributed by atoms with Crippen LogP contribution in [0.4, 0.5) is 5.95 Å². The van der Waals surface area contributed by atoms with Crippen LogP contribution in [0.15, 0.2) is 30.6 Å². The monoisotopic (exact) mass is 257 g/mol. The number of aryl methyl sites for hydroxylation is 2. The van der Waals surface area contributed by atoms with E-state index in [9.17, 15) is 4.79 Å². The number of aromatic nitrogens is 2. The number of hydrogen-bond acceptors (Lipinski definition) is 4. The van der Waals surface area contributed by atoms with Crippen molar-refractivity contribution < 1.29 is 9.53 Å². The minimum Gasteiger partial charge on any atom is -0.496 e. The summed E-state index contributed by atoms with van der Waals surface area (Å²) in [7, 11) is 1.55. The van der Waals surface area contributed by atoms with Gasteiger partial charge in [0.15, 0.2) is 0 Å². The standard InChI is InChI=1S/C14H15N3O2/c1-9-7-10(2)12(19-3)11(8-9)13(18)17-14-15-5-4-6-16-14/h4-8H,1-3H3,(H,15,16,17,18). The largest absolute Gasteiger partial charge is 0.496 e. The number of anilines is 1. The van der Waals surface area contributed by atoms with Crippen LogP contribution in [-0.2, 0) is 0 Å². The van der Waals surface area contributed by atoms with Crippen molar-refractivity contribution in [2.75, 3.05) is 12.4 Å². The zero-order valence-corrected chi connectivity index (χ0v) is 11.1. The van der Waals surface area contributed by atoms with E-state index in [2.05, 4.69) is 15.3 Å². The van der Waals surface area contributed by atoms with Crippen LogP contribution in [0.5, 0.6) is 5.75 Å². The van der Waals surface area contributed by atoms with Crippen LogP contribution in [-0.4, -0.2) is 23.0 Å². The SMILES string of the molecule is COc1c(C)cc(C)cc1C(=O)Nc1ncccn1. The van der Waals surface area contributed by atoms with Crippen molar-refractivity contribution in [1.29, 1.82) is 0 Å². The second-order valence-electron chi connectivity index (χ2n) is 4.19. The third-order valence-corrected chi connectivity index (χ3v) is 2.66. The van der Waals surface area contributed by atoms with Crippen molar-refractivity contribution >= 4 is 11.9 Å². The molecular weight excluding hydrogens is 242 g/mol. The molecule has 0 aliphatic carbocycles. The van der Waals surface area contributed by atoms with Crippen LogP contribution < -0.4 is 10.1 Å². The predicted octanol–water partition coefficient (Wildman–Crippen LogP) is 2.35. The number of methoxy groups -OCH3 is 1. The second kappa shape index (κ2) is 5.48. The first kappa shape index (κ1) is 13.0. The number of nitrogens with zero attached hydrogens (tertiary/aromatic N) is 2. The second-order valence-corrected chi connectivity index (χ2v) is 4.19. The Kier molecular flexibility index (Phi) is 3.75. The van der Waals surface area contributed by atoms with Crippen molar-refractivity contribution in [1.82, 2.24) is 9.97 Å². The van der Waals surface area contributed by atoms with E-state index in [1.807, 2.05) is 19.9 Å².